The van der Waals surface area contributed by atoms with Gasteiger partial charge in [-0.1, -0.05) is 0 Å². The first-order valence-electron chi connectivity index (χ1n) is 3.47. The van der Waals surface area contributed by atoms with E-state index in [1.807, 2.05) is 0 Å². The van der Waals surface area contributed by atoms with Gasteiger partial charge in [0.2, 0.25) is 0 Å². The molecule has 0 aromatic heterocycles. The van der Waals surface area contributed by atoms with E-state index in [2.05, 4.69) is 0 Å². The molecule has 2 aliphatic heterocycles. The van der Waals surface area contributed by atoms with Gasteiger partial charge in [0, 0.05) is 5.92 Å². The van der Waals surface area contributed by atoms with Crippen molar-refractivity contribution in [3.8, 4) is 0 Å². The minimum Gasteiger partial charge on any atom is -0.461 e. The summed E-state index contributed by atoms with van der Waals surface area (Å²) in [5.74, 6) is -0.158. The average molecular weight is 176 g/mol. The predicted octanol–water partition coefficient (Wildman–Crippen LogP) is -0.653. The van der Waals surface area contributed by atoms with E-state index in [1.54, 1.807) is 0 Å². The number of fused-ring (bicyclic) bond motifs is 1. The van der Waals surface area contributed by atoms with Gasteiger partial charge >= 0.3 is 5.97 Å². The van der Waals surface area contributed by atoms with Crippen molar-refractivity contribution in [3.05, 3.63) is 0 Å². The first-order valence-corrected chi connectivity index (χ1v) is 5.29. The molecule has 0 radical (unpaired) electrons. The van der Waals surface area contributed by atoms with Crippen LogP contribution in [0.1, 0.15) is 6.42 Å². The maximum Gasteiger partial charge on any atom is 0.306 e. The van der Waals surface area contributed by atoms with E-state index in [0.29, 0.717) is 0 Å². The van der Waals surface area contributed by atoms with Crippen LogP contribution in [0.15, 0.2) is 0 Å². The second kappa shape index (κ2) is 1.97. The molecule has 0 bridgehead atoms. The minimum atomic E-state index is -2.91. The fourth-order valence-corrected chi connectivity index (χ4v) is 3.60. The summed E-state index contributed by atoms with van der Waals surface area (Å²) in [6, 6.07) is 0. The van der Waals surface area contributed by atoms with Crippen molar-refractivity contribution in [1.29, 1.82) is 0 Å². The fraction of sp³-hybridized carbons (Fsp3) is 0.833. The molecule has 2 unspecified atom stereocenters. The summed E-state index contributed by atoms with van der Waals surface area (Å²) in [6.07, 6.45) is -0.0586. The Hall–Kier alpha value is -0.580. The molecular formula is C6H8O4S. The SMILES string of the molecule is O=C1CC2CS(=O)(=O)CC2O1. The highest BCUT2D eigenvalue weighted by atomic mass is 32.2. The molecule has 2 fully saturated rings. The molecule has 0 N–H and O–H groups in total. The van der Waals surface area contributed by atoms with Crippen molar-refractivity contribution in [1.82, 2.24) is 0 Å². The Morgan fingerprint density at radius 1 is 1.36 bits per heavy atom. The van der Waals surface area contributed by atoms with E-state index in [1.165, 1.54) is 0 Å². The molecule has 0 spiro atoms. The Balaban J connectivity index is 2.22. The van der Waals surface area contributed by atoms with Gasteiger partial charge < -0.3 is 4.74 Å². The van der Waals surface area contributed by atoms with Crippen LogP contribution in [0.4, 0.5) is 0 Å². The second-order valence-corrected chi connectivity index (χ2v) is 5.22. The molecule has 0 saturated carbocycles. The van der Waals surface area contributed by atoms with Crippen molar-refractivity contribution >= 4 is 15.8 Å². The van der Waals surface area contributed by atoms with E-state index < -0.39 is 9.84 Å². The Labute approximate surface area is 64.5 Å². The van der Waals surface area contributed by atoms with Crippen molar-refractivity contribution < 1.29 is 17.9 Å². The maximum atomic E-state index is 11.0. The summed E-state index contributed by atoms with van der Waals surface area (Å²) >= 11 is 0. The standard InChI is InChI=1S/C6H8O4S/c7-6-1-4-2-11(8,9)3-5(4)10-6/h4-5H,1-3H2. The van der Waals surface area contributed by atoms with Crippen LogP contribution in [0.3, 0.4) is 0 Å². The van der Waals surface area contributed by atoms with Gasteiger partial charge in [-0.25, -0.2) is 8.42 Å². The second-order valence-electron chi connectivity index (χ2n) is 3.07. The number of carbonyl (C=O) groups is 1. The van der Waals surface area contributed by atoms with E-state index in [0.717, 1.165) is 0 Å². The van der Waals surface area contributed by atoms with Crippen LogP contribution in [0.25, 0.3) is 0 Å². The van der Waals surface area contributed by atoms with Crippen LogP contribution in [0.5, 0.6) is 0 Å². The third kappa shape index (κ3) is 1.13. The van der Waals surface area contributed by atoms with Gasteiger partial charge in [-0.2, -0.15) is 0 Å². The number of sulfone groups is 1. The molecule has 62 valence electrons. The van der Waals surface area contributed by atoms with Crippen LogP contribution in [-0.2, 0) is 19.4 Å². The van der Waals surface area contributed by atoms with Gasteiger partial charge in [-0.05, 0) is 0 Å². The van der Waals surface area contributed by atoms with Crippen LogP contribution in [0, 0.1) is 5.92 Å². The number of carbonyl (C=O) groups excluding carboxylic acids is 1. The lowest BCUT2D eigenvalue weighted by Crippen LogP contribution is -2.14. The molecule has 0 aliphatic carbocycles. The minimum absolute atomic E-state index is 0.0312. The van der Waals surface area contributed by atoms with Gasteiger partial charge in [0.05, 0.1) is 17.9 Å². The van der Waals surface area contributed by atoms with Crippen molar-refractivity contribution in [2.24, 2.45) is 5.92 Å². The highest BCUT2D eigenvalue weighted by Gasteiger charge is 2.45. The number of ether oxygens (including phenoxy) is 1. The topological polar surface area (TPSA) is 60.4 Å². The van der Waals surface area contributed by atoms with Crippen molar-refractivity contribution in [3.63, 3.8) is 0 Å². The summed E-state index contributed by atoms with van der Waals surface area (Å²) in [4.78, 5) is 10.7. The Morgan fingerprint density at radius 2 is 2.09 bits per heavy atom. The van der Waals surface area contributed by atoms with Crippen LogP contribution in [0.2, 0.25) is 0 Å². The Morgan fingerprint density at radius 3 is 2.73 bits per heavy atom. The molecule has 0 amide bonds. The summed E-state index contributed by atoms with van der Waals surface area (Å²) in [5.41, 5.74) is 0. The molecule has 11 heavy (non-hydrogen) atoms. The quantitative estimate of drug-likeness (QED) is 0.460. The van der Waals surface area contributed by atoms with Gasteiger partial charge in [-0.3, -0.25) is 4.79 Å². The van der Waals surface area contributed by atoms with E-state index in [-0.39, 0.29) is 35.9 Å². The molecule has 4 nitrogen and oxygen atoms in total. The lowest BCUT2D eigenvalue weighted by Gasteiger charge is -2.01. The maximum absolute atomic E-state index is 11.0. The van der Waals surface area contributed by atoms with E-state index in [9.17, 15) is 13.2 Å². The molecule has 0 aromatic rings. The Kier molecular flexibility index (Phi) is 1.27. The molecule has 2 aliphatic rings. The monoisotopic (exact) mass is 176 g/mol. The van der Waals surface area contributed by atoms with Crippen LogP contribution in [-0.4, -0.2) is 32.0 Å². The predicted molar refractivity (Wildman–Crippen MR) is 36.6 cm³/mol. The molecular weight excluding hydrogens is 168 g/mol. The first-order chi connectivity index (χ1) is 5.07. The van der Waals surface area contributed by atoms with E-state index in [4.69, 9.17) is 4.74 Å². The van der Waals surface area contributed by atoms with E-state index >= 15 is 0 Å². The van der Waals surface area contributed by atoms with Crippen molar-refractivity contribution in [2.45, 2.75) is 12.5 Å². The van der Waals surface area contributed by atoms with Crippen molar-refractivity contribution in [2.75, 3.05) is 11.5 Å². The lowest BCUT2D eigenvalue weighted by atomic mass is 10.1. The number of esters is 1. The highest BCUT2D eigenvalue weighted by molar-refractivity contribution is 7.91. The summed E-state index contributed by atoms with van der Waals surface area (Å²) in [6.45, 7) is 0. The normalized spacial score (nSPS) is 40.2. The van der Waals surface area contributed by atoms with Gasteiger partial charge in [0.1, 0.15) is 6.10 Å². The highest BCUT2D eigenvalue weighted by Crippen LogP contribution is 2.30. The zero-order valence-corrected chi connectivity index (χ0v) is 6.63. The molecule has 2 heterocycles. The van der Waals surface area contributed by atoms with Crippen LogP contribution < -0.4 is 0 Å². The fourth-order valence-electron chi connectivity index (χ4n) is 1.64. The zero-order chi connectivity index (χ0) is 8.06. The average Bonchev–Trinajstić information content (AvgIpc) is 2.17. The third-order valence-corrected chi connectivity index (χ3v) is 3.90. The van der Waals surface area contributed by atoms with Crippen LogP contribution >= 0.6 is 0 Å². The molecule has 2 atom stereocenters. The molecule has 0 aromatic carbocycles. The zero-order valence-electron chi connectivity index (χ0n) is 5.82. The number of hydrogen-bond acceptors (Lipinski definition) is 4. The molecule has 5 heteroatoms. The third-order valence-electron chi connectivity index (χ3n) is 2.12. The number of rotatable bonds is 0. The molecule has 2 rings (SSSR count). The Bertz CT molecular complexity index is 270. The largest absolute Gasteiger partial charge is 0.461 e. The van der Waals surface area contributed by atoms with Gasteiger partial charge in [0.15, 0.2) is 9.84 Å². The number of hydrogen-bond donors (Lipinski definition) is 0. The molecule has 2 saturated heterocycles. The summed E-state index contributed by atoms with van der Waals surface area (Å²) in [5, 5.41) is 0. The summed E-state index contributed by atoms with van der Waals surface area (Å²) in [7, 11) is -2.91. The van der Waals surface area contributed by atoms with Gasteiger partial charge in [0.25, 0.3) is 0 Å². The smallest absolute Gasteiger partial charge is 0.306 e. The summed E-state index contributed by atoms with van der Waals surface area (Å²) < 4.78 is 26.7. The van der Waals surface area contributed by atoms with Gasteiger partial charge in [-0.15, -0.1) is 0 Å². The lowest BCUT2D eigenvalue weighted by molar-refractivity contribution is -0.140. The first kappa shape index (κ1) is 7.09.